The molecule has 0 aliphatic carbocycles. The van der Waals surface area contributed by atoms with Crippen LogP contribution in [-0.2, 0) is 5.88 Å². The number of rotatable bonds is 3. The first-order chi connectivity index (χ1) is 10.3. The van der Waals surface area contributed by atoms with Gasteiger partial charge in [0.2, 0.25) is 0 Å². The van der Waals surface area contributed by atoms with E-state index in [2.05, 4.69) is 20.0 Å². The van der Waals surface area contributed by atoms with Crippen molar-refractivity contribution in [2.75, 3.05) is 36.0 Å². The van der Waals surface area contributed by atoms with Crippen LogP contribution < -0.4 is 9.80 Å². The van der Waals surface area contributed by atoms with Crippen LogP contribution in [0.3, 0.4) is 0 Å². The molecule has 2 aromatic rings. The van der Waals surface area contributed by atoms with Crippen LogP contribution in [0.4, 0.5) is 15.9 Å². The van der Waals surface area contributed by atoms with Crippen LogP contribution in [0.15, 0.2) is 36.4 Å². The van der Waals surface area contributed by atoms with Crippen molar-refractivity contribution in [3.05, 3.63) is 47.9 Å². The minimum absolute atomic E-state index is 0.202. The second-order valence-electron chi connectivity index (χ2n) is 4.97. The summed E-state index contributed by atoms with van der Waals surface area (Å²) >= 11 is 5.71. The number of aromatic nitrogens is 2. The molecule has 4 nitrogen and oxygen atoms in total. The summed E-state index contributed by atoms with van der Waals surface area (Å²) in [6.45, 7) is 3.49. The molecule has 0 spiro atoms. The Morgan fingerprint density at radius 3 is 2.14 bits per heavy atom. The van der Waals surface area contributed by atoms with Gasteiger partial charge in [-0.1, -0.05) is 0 Å². The molecule has 2 heterocycles. The zero-order chi connectivity index (χ0) is 14.7. The van der Waals surface area contributed by atoms with Gasteiger partial charge in [-0.05, 0) is 36.4 Å². The first-order valence-electron chi connectivity index (χ1n) is 6.90. The molecular formula is C15H16ClFN4. The molecular weight excluding hydrogens is 291 g/mol. The highest BCUT2D eigenvalue weighted by Crippen LogP contribution is 2.19. The van der Waals surface area contributed by atoms with Gasteiger partial charge < -0.3 is 9.80 Å². The molecule has 110 valence electrons. The zero-order valence-electron chi connectivity index (χ0n) is 11.5. The normalized spacial score (nSPS) is 15.3. The van der Waals surface area contributed by atoms with Gasteiger partial charge in [0.15, 0.2) is 5.82 Å². The largest absolute Gasteiger partial charge is 0.368 e. The lowest BCUT2D eigenvalue weighted by molar-refractivity contribution is 0.623. The van der Waals surface area contributed by atoms with Gasteiger partial charge in [-0.15, -0.1) is 16.7 Å². The number of hydrogen-bond donors (Lipinski definition) is 0. The number of piperazine rings is 1. The van der Waals surface area contributed by atoms with E-state index in [1.165, 1.54) is 12.1 Å². The zero-order valence-corrected chi connectivity index (χ0v) is 12.3. The van der Waals surface area contributed by atoms with E-state index >= 15 is 0 Å². The minimum atomic E-state index is -0.202. The van der Waals surface area contributed by atoms with Gasteiger partial charge in [-0.25, -0.2) is 4.39 Å². The van der Waals surface area contributed by atoms with E-state index < -0.39 is 0 Å². The highest BCUT2D eigenvalue weighted by Gasteiger charge is 2.18. The van der Waals surface area contributed by atoms with Gasteiger partial charge in [-0.2, -0.15) is 5.10 Å². The summed E-state index contributed by atoms with van der Waals surface area (Å²) < 4.78 is 12.9. The van der Waals surface area contributed by atoms with Crippen molar-refractivity contribution in [3.8, 4) is 0 Å². The molecule has 0 atom stereocenters. The molecule has 1 aromatic carbocycles. The standard InChI is InChI=1S/C15H16ClFN4/c16-11-13-3-6-15(19-18-13)21-9-7-20(8-10-21)14-4-1-12(17)2-5-14/h1-6H,7-11H2. The SMILES string of the molecule is Fc1ccc(N2CCN(c3ccc(CCl)nn3)CC2)cc1. The van der Waals surface area contributed by atoms with Crippen molar-refractivity contribution in [2.24, 2.45) is 0 Å². The van der Waals surface area contributed by atoms with E-state index in [1.807, 2.05) is 24.3 Å². The molecule has 3 rings (SSSR count). The number of halogens is 2. The van der Waals surface area contributed by atoms with Crippen LogP contribution in [0.5, 0.6) is 0 Å². The average molecular weight is 307 g/mol. The van der Waals surface area contributed by atoms with E-state index in [1.54, 1.807) is 0 Å². The Labute approximate surface area is 128 Å². The van der Waals surface area contributed by atoms with Gasteiger partial charge in [0.25, 0.3) is 0 Å². The fourth-order valence-electron chi connectivity index (χ4n) is 2.44. The molecule has 1 aliphatic rings. The van der Waals surface area contributed by atoms with E-state index in [0.29, 0.717) is 5.88 Å². The molecule has 0 amide bonds. The van der Waals surface area contributed by atoms with Gasteiger partial charge in [0.1, 0.15) is 5.82 Å². The van der Waals surface area contributed by atoms with Crippen molar-refractivity contribution >= 4 is 23.1 Å². The predicted octanol–water partition coefficient (Wildman–Crippen LogP) is 2.68. The van der Waals surface area contributed by atoms with Crippen LogP contribution in [-0.4, -0.2) is 36.4 Å². The molecule has 21 heavy (non-hydrogen) atoms. The molecule has 1 fully saturated rings. The molecule has 0 unspecified atom stereocenters. The third kappa shape index (κ3) is 3.24. The Balaban J connectivity index is 1.62. The summed E-state index contributed by atoms with van der Waals surface area (Å²) in [5.74, 6) is 1.06. The molecule has 6 heteroatoms. The third-order valence-electron chi connectivity index (χ3n) is 3.64. The highest BCUT2D eigenvalue weighted by atomic mass is 35.5. The molecule has 1 saturated heterocycles. The Morgan fingerprint density at radius 1 is 0.905 bits per heavy atom. The van der Waals surface area contributed by atoms with Crippen molar-refractivity contribution in [1.82, 2.24) is 10.2 Å². The van der Waals surface area contributed by atoms with Crippen LogP contribution in [0, 0.1) is 5.82 Å². The van der Waals surface area contributed by atoms with Gasteiger partial charge in [-0.3, -0.25) is 0 Å². The Hall–Kier alpha value is -1.88. The quantitative estimate of drug-likeness (QED) is 0.816. The van der Waals surface area contributed by atoms with E-state index in [4.69, 9.17) is 11.6 Å². The Bertz CT molecular complexity index is 580. The second-order valence-corrected chi connectivity index (χ2v) is 5.23. The minimum Gasteiger partial charge on any atom is -0.368 e. The lowest BCUT2D eigenvalue weighted by Gasteiger charge is -2.36. The summed E-state index contributed by atoms with van der Waals surface area (Å²) in [4.78, 5) is 4.45. The van der Waals surface area contributed by atoms with Crippen LogP contribution in [0.1, 0.15) is 5.69 Å². The molecule has 0 bridgehead atoms. The number of alkyl halides is 1. The number of anilines is 2. The summed E-state index contributed by atoms with van der Waals surface area (Å²) in [6, 6.07) is 10.5. The Morgan fingerprint density at radius 2 is 1.57 bits per heavy atom. The fraction of sp³-hybridized carbons (Fsp3) is 0.333. The predicted molar refractivity (Wildman–Crippen MR) is 82.4 cm³/mol. The number of nitrogens with zero attached hydrogens (tertiary/aromatic N) is 4. The lowest BCUT2D eigenvalue weighted by Crippen LogP contribution is -2.46. The highest BCUT2D eigenvalue weighted by molar-refractivity contribution is 6.16. The summed E-state index contributed by atoms with van der Waals surface area (Å²) in [5, 5.41) is 8.29. The molecule has 1 aliphatic heterocycles. The summed E-state index contributed by atoms with van der Waals surface area (Å²) in [5.41, 5.74) is 1.84. The first kappa shape index (κ1) is 14.1. The van der Waals surface area contributed by atoms with Crippen molar-refractivity contribution < 1.29 is 4.39 Å². The molecule has 0 radical (unpaired) electrons. The number of benzene rings is 1. The van der Waals surface area contributed by atoms with Gasteiger partial charge in [0.05, 0.1) is 11.6 Å². The van der Waals surface area contributed by atoms with Crippen LogP contribution in [0.25, 0.3) is 0 Å². The molecule has 0 N–H and O–H groups in total. The van der Waals surface area contributed by atoms with E-state index in [9.17, 15) is 4.39 Å². The smallest absolute Gasteiger partial charge is 0.151 e. The maximum Gasteiger partial charge on any atom is 0.151 e. The van der Waals surface area contributed by atoms with Crippen molar-refractivity contribution in [3.63, 3.8) is 0 Å². The van der Waals surface area contributed by atoms with Crippen molar-refractivity contribution in [2.45, 2.75) is 5.88 Å². The summed E-state index contributed by atoms with van der Waals surface area (Å²) in [6.07, 6.45) is 0. The van der Waals surface area contributed by atoms with Crippen LogP contribution in [0.2, 0.25) is 0 Å². The van der Waals surface area contributed by atoms with Crippen LogP contribution >= 0.6 is 11.6 Å². The lowest BCUT2D eigenvalue weighted by atomic mass is 10.2. The van der Waals surface area contributed by atoms with E-state index in [0.717, 1.165) is 43.4 Å². The molecule has 0 saturated carbocycles. The third-order valence-corrected chi connectivity index (χ3v) is 3.91. The average Bonchev–Trinajstić information content (AvgIpc) is 2.56. The second kappa shape index (κ2) is 6.26. The topological polar surface area (TPSA) is 32.3 Å². The van der Waals surface area contributed by atoms with E-state index in [-0.39, 0.29) is 5.82 Å². The maximum absolute atomic E-state index is 12.9. The van der Waals surface area contributed by atoms with Crippen molar-refractivity contribution in [1.29, 1.82) is 0 Å². The fourth-order valence-corrected chi connectivity index (χ4v) is 2.58. The number of hydrogen-bond acceptors (Lipinski definition) is 4. The van der Waals surface area contributed by atoms with Gasteiger partial charge in [0, 0.05) is 31.9 Å². The van der Waals surface area contributed by atoms with Gasteiger partial charge >= 0.3 is 0 Å². The Kier molecular flexibility index (Phi) is 4.20. The first-order valence-corrected chi connectivity index (χ1v) is 7.44. The monoisotopic (exact) mass is 306 g/mol. The molecule has 1 aromatic heterocycles. The summed E-state index contributed by atoms with van der Waals surface area (Å²) in [7, 11) is 0. The maximum atomic E-state index is 12.9.